The van der Waals surface area contributed by atoms with E-state index in [0.717, 1.165) is 24.9 Å². The number of fused-ring (bicyclic) bond motifs is 1. The van der Waals surface area contributed by atoms with E-state index < -0.39 is 0 Å². The fourth-order valence-corrected chi connectivity index (χ4v) is 3.19. The largest absolute Gasteiger partial charge is 0.322 e. The van der Waals surface area contributed by atoms with Gasteiger partial charge in [0.15, 0.2) is 5.69 Å². The van der Waals surface area contributed by atoms with Gasteiger partial charge in [-0.05, 0) is 55.4 Å². The van der Waals surface area contributed by atoms with Crippen LogP contribution in [0.1, 0.15) is 34.8 Å². The molecule has 0 bridgehead atoms. The molecule has 0 radical (unpaired) electrons. The smallest absolute Gasteiger partial charge is 0.255 e. The van der Waals surface area contributed by atoms with Crippen LogP contribution in [0.25, 0.3) is 4.85 Å². The van der Waals surface area contributed by atoms with E-state index in [1.54, 1.807) is 24.3 Å². The number of allylic oxidation sites excluding steroid dienone is 2. The third kappa shape index (κ3) is 3.55. The van der Waals surface area contributed by atoms with Gasteiger partial charge in [-0.3, -0.25) is 4.79 Å². The molecule has 3 nitrogen and oxygen atoms in total. The Hall–Kier alpha value is -2.86. The normalized spacial score (nSPS) is 16.4. The van der Waals surface area contributed by atoms with E-state index in [9.17, 15) is 4.79 Å². The molecule has 1 aliphatic carbocycles. The molecule has 0 spiro atoms. The van der Waals surface area contributed by atoms with Crippen molar-refractivity contribution < 1.29 is 4.79 Å². The summed E-state index contributed by atoms with van der Waals surface area (Å²) < 4.78 is 0. The molecule has 0 aromatic heterocycles. The van der Waals surface area contributed by atoms with Crippen molar-refractivity contribution in [2.24, 2.45) is 5.92 Å². The van der Waals surface area contributed by atoms with Crippen molar-refractivity contribution >= 4 is 17.3 Å². The Morgan fingerprint density at radius 1 is 1.21 bits per heavy atom. The predicted molar refractivity (Wildman–Crippen MR) is 97.4 cm³/mol. The molecule has 1 atom stereocenters. The van der Waals surface area contributed by atoms with Crippen molar-refractivity contribution in [2.75, 3.05) is 5.32 Å². The lowest BCUT2D eigenvalue weighted by atomic mass is 9.83. The number of amides is 1. The summed E-state index contributed by atoms with van der Waals surface area (Å²) in [7, 11) is 0. The summed E-state index contributed by atoms with van der Waals surface area (Å²) in [5.41, 5.74) is 4.64. The summed E-state index contributed by atoms with van der Waals surface area (Å²) in [6, 6.07) is 12.9. The van der Waals surface area contributed by atoms with Crippen LogP contribution in [-0.4, -0.2) is 5.91 Å². The lowest BCUT2D eigenvalue weighted by molar-refractivity contribution is 0.102. The van der Waals surface area contributed by atoms with Gasteiger partial charge in [0.1, 0.15) is 0 Å². The topological polar surface area (TPSA) is 33.5 Å². The summed E-state index contributed by atoms with van der Waals surface area (Å²) in [6.07, 6.45) is 7.70. The number of hydrogen-bond acceptors (Lipinski definition) is 1. The van der Waals surface area contributed by atoms with Gasteiger partial charge in [-0.1, -0.05) is 42.5 Å². The van der Waals surface area contributed by atoms with Gasteiger partial charge < -0.3 is 5.32 Å². The molecule has 1 aliphatic rings. The van der Waals surface area contributed by atoms with Gasteiger partial charge in [-0.15, -0.1) is 0 Å². The Balaban J connectivity index is 1.72. The third-order valence-corrected chi connectivity index (χ3v) is 4.45. The number of aryl methyl sites for hydroxylation is 1. The Morgan fingerprint density at radius 3 is 2.71 bits per heavy atom. The van der Waals surface area contributed by atoms with Crippen LogP contribution < -0.4 is 5.32 Å². The van der Waals surface area contributed by atoms with Gasteiger partial charge in [0.2, 0.25) is 0 Å². The second kappa shape index (κ2) is 7.14. The molecule has 0 saturated heterocycles. The fraction of sp³-hybridized carbons (Fsp3) is 0.238. The summed E-state index contributed by atoms with van der Waals surface area (Å²) in [4.78, 5) is 15.7. The highest BCUT2D eigenvalue weighted by Gasteiger charge is 2.17. The Labute approximate surface area is 142 Å². The van der Waals surface area contributed by atoms with Gasteiger partial charge in [0.25, 0.3) is 5.91 Å². The molecule has 0 fully saturated rings. The molecule has 0 aliphatic heterocycles. The highest BCUT2D eigenvalue weighted by Crippen LogP contribution is 2.28. The van der Waals surface area contributed by atoms with E-state index in [4.69, 9.17) is 6.57 Å². The van der Waals surface area contributed by atoms with Crippen LogP contribution in [0.4, 0.5) is 11.4 Å². The molecule has 1 amide bonds. The van der Waals surface area contributed by atoms with Crippen molar-refractivity contribution in [3.05, 3.63) is 82.7 Å². The summed E-state index contributed by atoms with van der Waals surface area (Å²) in [6.45, 7) is 9.02. The first-order valence-corrected chi connectivity index (χ1v) is 8.23. The van der Waals surface area contributed by atoms with Crippen molar-refractivity contribution in [1.82, 2.24) is 0 Å². The number of hydrogen-bond donors (Lipinski definition) is 1. The van der Waals surface area contributed by atoms with Gasteiger partial charge in [0.05, 0.1) is 6.57 Å². The maximum Gasteiger partial charge on any atom is 0.255 e. The highest BCUT2D eigenvalue weighted by molar-refractivity contribution is 6.04. The minimum absolute atomic E-state index is 0.144. The molecule has 3 rings (SSSR count). The minimum atomic E-state index is -0.144. The lowest BCUT2D eigenvalue weighted by Gasteiger charge is -2.23. The van der Waals surface area contributed by atoms with Gasteiger partial charge in [0, 0.05) is 11.3 Å². The van der Waals surface area contributed by atoms with Crippen LogP contribution in [0.15, 0.2) is 54.6 Å². The molecule has 2 aromatic carbocycles. The quantitative estimate of drug-likeness (QED) is 0.615. The predicted octanol–water partition coefficient (Wildman–Crippen LogP) is 5.17. The van der Waals surface area contributed by atoms with E-state index in [-0.39, 0.29) is 5.91 Å². The zero-order valence-electron chi connectivity index (χ0n) is 13.8. The Morgan fingerprint density at radius 2 is 2.00 bits per heavy atom. The van der Waals surface area contributed by atoms with Gasteiger partial charge in [-0.25, -0.2) is 4.85 Å². The molecular weight excluding hydrogens is 296 g/mol. The monoisotopic (exact) mass is 316 g/mol. The number of carbonyl (C=O) groups excluding carboxylic acids is 1. The van der Waals surface area contributed by atoms with E-state index in [0.29, 0.717) is 17.2 Å². The van der Waals surface area contributed by atoms with E-state index >= 15 is 0 Å². The van der Waals surface area contributed by atoms with Crippen molar-refractivity contribution in [2.45, 2.75) is 26.2 Å². The molecular formula is C21H20N2O. The zero-order valence-corrected chi connectivity index (χ0v) is 13.8. The first-order chi connectivity index (χ1) is 11.7. The van der Waals surface area contributed by atoms with Crippen LogP contribution >= 0.6 is 0 Å². The number of nitrogens with zero attached hydrogens (tertiary/aromatic N) is 1. The third-order valence-electron chi connectivity index (χ3n) is 4.45. The van der Waals surface area contributed by atoms with Crippen molar-refractivity contribution in [3.63, 3.8) is 0 Å². The average molecular weight is 316 g/mol. The number of anilines is 1. The van der Waals surface area contributed by atoms with E-state index in [2.05, 4.69) is 41.4 Å². The summed E-state index contributed by atoms with van der Waals surface area (Å²) in [5, 5.41) is 2.95. The molecule has 1 unspecified atom stereocenters. The molecule has 3 heteroatoms. The Bertz CT molecular complexity index is 813. The van der Waals surface area contributed by atoms with Crippen LogP contribution in [0.2, 0.25) is 0 Å². The summed E-state index contributed by atoms with van der Waals surface area (Å²) >= 11 is 0. The second-order valence-corrected chi connectivity index (χ2v) is 6.12. The number of carbonyl (C=O) groups is 1. The van der Waals surface area contributed by atoms with E-state index in [1.165, 1.54) is 11.1 Å². The number of benzene rings is 2. The lowest BCUT2D eigenvalue weighted by Crippen LogP contribution is -2.15. The molecule has 24 heavy (non-hydrogen) atoms. The molecule has 0 saturated carbocycles. The van der Waals surface area contributed by atoms with Crippen LogP contribution in [0.5, 0.6) is 0 Å². The molecule has 0 heterocycles. The van der Waals surface area contributed by atoms with Crippen molar-refractivity contribution in [3.8, 4) is 0 Å². The maximum absolute atomic E-state index is 12.3. The molecule has 2 aromatic rings. The van der Waals surface area contributed by atoms with Crippen LogP contribution in [0, 0.1) is 12.5 Å². The zero-order chi connectivity index (χ0) is 16.9. The fourth-order valence-electron chi connectivity index (χ4n) is 3.19. The SMILES string of the molecule is [C-]#[N+]c1ccc(C(=O)Nc2ccc3c(c2)CCC(/C=C/C)C3)cc1. The highest BCUT2D eigenvalue weighted by atomic mass is 16.1. The van der Waals surface area contributed by atoms with Gasteiger partial charge >= 0.3 is 0 Å². The van der Waals surface area contributed by atoms with E-state index in [1.807, 2.05) is 6.07 Å². The van der Waals surface area contributed by atoms with Crippen LogP contribution in [-0.2, 0) is 12.8 Å². The van der Waals surface area contributed by atoms with Crippen LogP contribution in [0.3, 0.4) is 0 Å². The Kier molecular flexibility index (Phi) is 4.77. The number of rotatable bonds is 3. The minimum Gasteiger partial charge on any atom is -0.322 e. The number of nitrogens with one attached hydrogen (secondary N) is 1. The first kappa shape index (κ1) is 16.0. The second-order valence-electron chi connectivity index (χ2n) is 6.12. The van der Waals surface area contributed by atoms with Gasteiger partial charge in [-0.2, -0.15) is 0 Å². The first-order valence-electron chi connectivity index (χ1n) is 8.23. The maximum atomic E-state index is 12.3. The summed E-state index contributed by atoms with van der Waals surface area (Å²) in [5.74, 6) is 0.484. The standard InChI is InChI=1S/C21H20N2O/c1-3-4-15-5-6-18-14-20(12-9-17(18)13-15)23-21(24)16-7-10-19(22-2)11-8-16/h3-4,7-12,14-15H,5-6,13H2,1H3,(H,23,24)/b4-3+. The molecule has 1 N–H and O–H groups in total. The van der Waals surface area contributed by atoms with Crippen molar-refractivity contribution in [1.29, 1.82) is 0 Å². The molecule has 120 valence electrons. The average Bonchev–Trinajstić information content (AvgIpc) is 2.62.